The summed E-state index contributed by atoms with van der Waals surface area (Å²) in [6, 6.07) is 1.43. The molecule has 21 heavy (non-hydrogen) atoms. The van der Waals surface area contributed by atoms with Crippen LogP contribution in [0.15, 0.2) is 17.0 Å². The van der Waals surface area contributed by atoms with Gasteiger partial charge in [0.2, 0.25) is 10.0 Å². The van der Waals surface area contributed by atoms with Crippen LogP contribution < -0.4 is 4.72 Å². The van der Waals surface area contributed by atoms with Crippen molar-refractivity contribution in [2.75, 3.05) is 6.61 Å². The van der Waals surface area contributed by atoms with Gasteiger partial charge < -0.3 is 5.11 Å². The summed E-state index contributed by atoms with van der Waals surface area (Å²) in [7, 11) is -4.13. The molecule has 1 aromatic rings. The van der Waals surface area contributed by atoms with Crippen molar-refractivity contribution in [2.24, 2.45) is 5.92 Å². The van der Waals surface area contributed by atoms with E-state index >= 15 is 0 Å². The van der Waals surface area contributed by atoms with Crippen LogP contribution in [0.4, 0.5) is 5.69 Å². The minimum absolute atomic E-state index is 0.175. The summed E-state index contributed by atoms with van der Waals surface area (Å²) in [5, 5.41) is 19.2. The van der Waals surface area contributed by atoms with Crippen LogP contribution in [0.25, 0.3) is 0 Å². The summed E-state index contributed by atoms with van der Waals surface area (Å²) < 4.78 is 26.7. The third-order valence-corrected chi connectivity index (χ3v) is 5.14. The number of nitro groups is 1. The smallest absolute Gasteiger partial charge is 0.307 e. The van der Waals surface area contributed by atoms with Crippen LogP contribution in [-0.2, 0) is 10.0 Å². The number of benzene rings is 1. The first-order valence-corrected chi connectivity index (χ1v) is 8.11. The van der Waals surface area contributed by atoms with E-state index < -0.39 is 43.2 Å². The van der Waals surface area contributed by atoms with Gasteiger partial charge in [0.05, 0.1) is 11.5 Å². The summed E-state index contributed by atoms with van der Waals surface area (Å²) in [4.78, 5) is 9.58. The molecule has 10 heteroatoms. The van der Waals surface area contributed by atoms with Gasteiger partial charge in [-0.3, -0.25) is 10.1 Å². The quantitative estimate of drug-likeness (QED) is 0.599. The van der Waals surface area contributed by atoms with E-state index in [4.69, 9.17) is 23.2 Å². The second-order valence-corrected chi connectivity index (χ2v) is 7.09. The van der Waals surface area contributed by atoms with Crippen molar-refractivity contribution in [1.29, 1.82) is 0 Å². The molecule has 7 nitrogen and oxygen atoms in total. The standard InChI is InChI=1S/C11H14Cl2N2O5S/c1-6(2)8(5-16)14-21(19,20)9-4-3-7(12)11(10(9)13)15(17)18/h3-4,6,8,14,16H,5H2,1-2H3. The Morgan fingerprint density at radius 1 is 1.38 bits per heavy atom. The van der Waals surface area contributed by atoms with Gasteiger partial charge in [-0.05, 0) is 18.1 Å². The average Bonchev–Trinajstić information content (AvgIpc) is 2.34. The molecule has 0 fully saturated rings. The minimum atomic E-state index is -4.13. The number of nitrogens with zero attached hydrogens (tertiary/aromatic N) is 1. The average molecular weight is 357 g/mol. The van der Waals surface area contributed by atoms with E-state index in [9.17, 15) is 23.6 Å². The Hall–Kier alpha value is -0.930. The van der Waals surface area contributed by atoms with Crippen LogP contribution in [0.5, 0.6) is 0 Å². The number of rotatable bonds is 6. The maximum atomic E-state index is 12.2. The van der Waals surface area contributed by atoms with E-state index in [2.05, 4.69) is 4.72 Å². The summed E-state index contributed by atoms with van der Waals surface area (Å²) in [6.45, 7) is 3.02. The van der Waals surface area contributed by atoms with Crippen LogP contribution in [0.2, 0.25) is 10.0 Å². The van der Waals surface area contributed by atoms with Gasteiger partial charge in [0, 0.05) is 6.04 Å². The summed E-state index contributed by atoms with van der Waals surface area (Å²) in [5.41, 5.74) is -0.675. The lowest BCUT2D eigenvalue weighted by molar-refractivity contribution is -0.384. The molecule has 0 amide bonds. The molecule has 0 heterocycles. The fourth-order valence-corrected chi connectivity index (χ4v) is 3.81. The van der Waals surface area contributed by atoms with Crippen molar-refractivity contribution in [3.63, 3.8) is 0 Å². The van der Waals surface area contributed by atoms with E-state index in [1.54, 1.807) is 13.8 Å². The molecule has 1 rings (SSSR count). The summed E-state index contributed by atoms with van der Waals surface area (Å²) in [6.07, 6.45) is 0. The van der Waals surface area contributed by atoms with Crippen LogP contribution in [0, 0.1) is 16.0 Å². The molecule has 0 aromatic heterocycles. The Balaban J connectivity index is 3.33. The molecule has 0 saturated heterocycles. The monoisotopic (exact) mass is 356 g/mol. The molecule has 1 aromatic carbocycles. The fourth-order valence-electron chi connectivity index (χ4n) is 1.54. The van der Waals surface area contributed by atoms with E-state index in [0.717, 1.165) is 12.1 Å². The van der Waals surface area contributed by atoms with Gasteiger partial charge in [-0.2, -0.15) is 0 Å². The van der Waals surface area contributed by atoms with E-state index in [-0.39, 0.29) is 10.9 Å². The van der Waals surface area contributed by atoms with Crippen molar-refractivity contribution in [2.45, 2.75) is 24.8 Å². The summed E-state index contributed by atoms with van der Waals surface area (Å²) in [5.74, 6) is -0.175. The van der Waals surface area contributed by atoms with Crippen molar-refractivity contribution in [1.82, 2.24) is 4.72 Å². The maximum absolute atomic E-state index is 12.2. The Bertz CT molecular complexity index is 648. The zero-order valence-electron chi connectivity index (χ0n) is 11.2. The molecule has 2 N–H and O–H groups in total. The lowest BCUT2D eigenvalue weighted by Crippen LogP contribution is -2.41. The highest BCUT2D eigenvalue weighted by Gasteiger charge is 2.29. The number of nitrogens with one attached hydrogen (secondary N) is 1. The van der Waals surface area contributed by atoms with Crippen LogP contribution >= 0.6 is 23.2 Å². The lowest BCUT2D eigenvalue weighted by Gasteiger charge is -2.20. The summed E-state index contributed by atoms with van der Waals surface area (Å²) >= 11 is 11.4. The number of aliphatic hydroxyl groups excluding tert-OH is 1. The predicted molar refractivity (Wildman–Crippen MR) is 79.1 cm³/mol. The second-order valence-electron chi connectivity index (χ2n) is 4.62. The third kappa shape index (κ3) is 4.04. The Morgan fingerprint density at radius 2 is 1.95 bits per heavy atom. The maximum Gasteiger partial charge on any atom is 0.307 e. The van der Waals surface area contributed by atoms with Crippen LogP contribution in [-0.4, -0.2) is 31.1 Å². The molecule has 0 saturated carbocycles. The minimum Gasteiger partial charge on any atom is -0.395 e. The van der Waals surface area contributed by atoms with Crippen molar-refractivity contribution in [3.05, 3.63) is 32.3 Å². The second kappa shape index (κ2) is 6.89. The highest BCUT2D eigenvalue weighted by molar-refractivity contribution is 7.89. The first-order valence-electron chi connectivity index (χ1n) is 5.87. The van der Waals surface area contributed by atoms with Gasteiger partial charge in [-0.25, -0.2) is 13.1 Å². The van der Waals surface area contributed by atoms with Gasteiger partial charge in [-0.15, -0.1) is 0 Å². The van der Waals surface area contributed by atoms with E-state index in [0.29, 0.717) is 0 Å². The zero-order chi connectivity index (χ0) is 16.4. The Labute approximate surface area is 132 Å². The molecule has 0 bridgehead atoms. The largest absolute Gasteiger partial charge is 0.395 e. The van der Waals surface area contributed by atoms with Gasteiger partial charge in [0.1, 0.15) is 14.9 Å². The number of sulfonamides is 1. The van der Waals surface area contributed by atoms with E-state index in [1.165, 1.54) is 0 Å². The molecule has 0 aliphatic rings. The number of halogens is 2. The van der Waals surface area contributed by atoms with Gasteiger partial charge in [0.15, 0.2) is 0 Å². The Kier molecular flexibility index (Phi) is 5.94. The Morgan fingerprint density at radius 3 is 2.38 bits per heavy atom. The normalized spacial score (nSPS) is 13.4. The topological polar surface area (TPSA) is 110 Å². The number of aliphatic hydroxyl groups is 1. The highest BCUT2D eigenvalue weighted by atomic mass is 35.5. The lowest BCUT2D eigenvalue weighted by atomic mass is 10.1. The highest BCUT2D eigenvalue weighted by Crippen LogP contribution is 2.37. The van der Waals surface area contributed by atoms with Gasteiger partial charge >= 0.3 is 5.69 Å². The molecule has 0 aliphatic heterocycles. The SMILES string of the molecule is CC(C)C(CO)NS(=O)(=O)c1ccc(Cl)c([N+](=O)[O-])c1Cl. The van der Waals surface area contributed by atoms with Gasteiger partial charge in [0.25, 0.3) is 0 Å². The predicted octanol–water partition coefficient (Wildman–Crippen LogP) is 2.20. The fraction of sp³-hybridized carbons (Fsp3) is 0.455. The van der Waals surface area contributed by atoms with Crippen molar-refractivity contribution < 1.29 is 18.4 Å². The third-order valence-electron chi connectivity index (χ3n) is 2.81. The van der Waals surface area contributed by atoms with Crippen molar-refractivity contribution in [3.8, 4) is 0 Å². The van der Waals surface area contributed by atoms with Crippen LogP contribution in [0.3, 0.4) is 0 Å². The first kappa shape index (κ1) is 18.1. The molecular weight excluding hydrogens is 343 g/mol. The zero-order valence-corrected chi connectivity index (χ0v) is 13.5. The molecular formula is C11H14Cl2N2O5S. The number of hydrogen-bond acceptors (Lipinski definition) is 5. The van der Waals surface area contributed by atoms with Crippen molar-refractivity contribution >= 4 is 38.9 Å². The van der Waals surface area contributed by atoms with E-state index in [1.807, 2.05) is 0 Å². The molecule has 0 aliphatic carbocycles. The molecule has 0 spiro atoms. The number of nitro benzene ring substituents is 1. The molecule has 1 atom stereocenters. The van der Waals surface area contributed by atoms with Crippen LogP contribution in [0.1, 0.15) is 13.8 Å². The molecule has 118 valence electrons. The number of hydrogen-bond donors (Lipinski definition) is 2. The van der Waals surface area contributed by atoms with Gasteiger partial charge in [-0.1, -0.05) is 37.0 Å². The molecule has 0 radical (unpaired) electrons. The first-order chi connectivity index (χ1) is 9.61. The molecule has 1 unspecified atom stereocenters.